The number of fused-ring (bicyclic) bond motifs is 3. The van der Waals surface area contributed by atoms with Gasteiger partial charge in [-0.15, -0.1) is 0 Å². The molecule has 2 fully saturated rings. The Bertz CT molecular complexity index is 1180. The molecular weight excluding hydrogens is 452 g/mol. The Kier molecular flexibility index (Phi) is 5.71. The minimum Gasteiger partial charge on any atom is -0.431 e. The maximum absolute atomic E-state index is 12.1. The van der Waals surface area contributed by atoms with E-state index in [0.717, 1.165) is 48.2 Å². The number of halogens is 1. The van der Waals surface area contributed by atoms with Crippen molar-refractivity contribution < 1.29 is 13.2 Å². The van der Waals surface area contributed by atoms with Gasteiger partial charge in [0.15, 0.2) is 9.84 Å². The normalized spacial score (nSPS) is 25.7. The van der Waals surface area contributed by atoms with Crippen molar-refractivity contribution in [1.82, 2.24) is 10.3 Å². The molecule has 2 saturated carbocycles. The van der Waals surface area contributed by atoms with E-state index in [2.05, 4.69) is 22.4 Å². The van der Waals surface area contributed by atoms with Crippen LogP contribution < -0.4 is 10.1 Å². The van der Waals surface area contributed by atoms with Gasteiger partial charge in [-0.3, -0.25) is 0 Å². The topological polar surface area (TPSA) is 68.3 Å². The summed E-state index contributed by atoms with van der Waals surface area (Å²) in [7, 11) is -2.95. The molecule has 1 aromatic heterocycles. The number of benzene rings is 2. The highest BCUT2D eigenvalue weighted by Crippen LogP contribution is 2.45. The smallest absolute Gasteiger partial charge is 0.279 e. The zero-order valence-electron chi connectivity index (χ0n) is 17.3. The van der Waals surface area contributed by atoms with E-state index in [1.54, 1.807) is 0 Å². The quantitative estimate of drug-likeness (QED) is 0.513. The van der Waals surface area contributed by atoms with E-state index in [1.807, 2.05) is 30.3 Å². The lowest BCUT2D eigenvalue weighted by Gasteiger charge is -2.34. The Morgan fingerprint density at radius 2 is 1.84 bits per heavy atom. The molecule has 0 radical (unpaired) electrons. The minimum atomic E-state index is -2.95. The first kappa shape index (κ1) is 21.2. The van der Waals surface area contributed by atoms with E-state index >= 15 is 0 Å². The Morgan fingerprint density at radius 3 is 2.52 bits per heavy atom. The number of nitrogens with zero attached hydrogens (tertiary/aromatic N) is 1. The van der Waals surface area contributed by atoms with Gasteiger partial charge in [0.1, 0.15) is 5.75 Å². The summed E-state index contributed by atoms with van der Waals surface area (Å²) >= 11 is 7.52. The molecule has 1 heterocycles. The van der Waals surface area contributed by atoms with Gasteiger partial charge in [0.2, 0.25) is 0 Å². The maximum atomic E-state index is 12.1. The Balaban J connectivity index is 1.17. The predicted molar refractivity (Wildman–Crippen MR) is 126 cm³/mol. The maximum Gasteiger partial charge on any atom is 0.279 e. The van der Waals surface area contributed by atoms with E-state index in [9.17, 15) is 8.42 Å². The standard InChI is InChI=1S/C23H25ClN2O3S2/c1-31(27,28)22-15-4-5-16(22)11-18(10-15)25-13-14-2-7-19(8-3-14)29-23-26-20-9-6-17(24)12-21(20)30-23/h2-3,6-9,12,15-16,18,22,25H,4-5,10-11,13H2,1H3/t15-,16+,18?,22?. The molecule has 0 spiro atoms. The molecule has 2 aliphatic rings. The zero-order valence-corrected chi connectivity index (χ0v) is 19.6. The number of hydrogen-bond acceptors (Lipinski definition) is 6. The van der Waals surface area contributed by atoms with Crippen molar-refractivity contribution in [2.75, 3.05) is 6.26 Å². The minimum absolute atomic E-state index is 0.125. The van der Waals surface area contributed by atoms with Crippen LogP contribution in [0.2, 0.25) is 5.02 Å². The molecule has 2 bridgehead atoms. The van der Waals surface area contributed by atoms with Crippen LogP contribution in [0, 0.1) is 11.8 Å². The molecule has 2 unspecified atom stereocenters. The molecule has 2 aliphatic carbocycles. The van der Waals surface area contributed by atoms with Crippen LogP contribution in [-0.2, 0) is 16.4 Å². The second-order valence-corrected chi connectivity index (χ2v) is 12.4. The van der Waals surface area contributed by atoms with Gasteiger partial charge in [-0.1, -0.05) is 35.1 Å². The summed E-state index contributed by atoms with van der Waals surface area (Å²) in [6.45, 7) is 0.771. The number of nitrogens with one attached hydrogen (secondary N) is 1. The summed E-state index contributed by atoms with van der Waals surface area (Å²) in [5.74, 6) is 1.37. The Morgan fingerprint density at radius 1 is 1.13 bits per heavy atom. The summed E-state index contributed by atoms with van der Waals surface area (Å²) in [6, 6.07) is 14.0. The summed E-state index contributed by atoms with van der Waals surface area (Å²) in [4.78, 5) is 4.49. The molecule has 0 amide bonds. The number of sulfone groups is 1. The first-order chi connectivity index (χ1) is 14.8. The zero-order chi connectivity index (χ0) is 21.6. The van der Waals surface area contributed by atoms with Crippen molar-refractivity contribution in [1.29, 1.82) is 0 Å². The molecule has 3 aromatic rings. The lowest BCUT2D eigenvalue weighted by atomic mass is 9.85. The highest BCUT2D eigenvalue weighted by Gasteiger charge is 2.47. The van der Waals surface area contributed by atoms with Gasteiger partial charge >= 0.3 is 0 Å². The summed E-state index contributed by atoms with van der Waals surface area (Å²) in [5.41, 5.74) is 2.06. The van der Waals surface area contributed by atoms with Crippen molar-refractivity contribution >= 4 is 43.0 Å². The Hall–Kier alpha value is -1.67. The largest absolute Gasteiger partial charge is 0.431 e. The lowest BCUT2D eigenvalue weighted by molar-refractivity contribution is 0.281. The number of rotatable bonds is 6. The van der Waals surface area contributed by atoms with Crippen LogP contribution >= 0.6 is 22.9 Å². The van der Waals surface area contributed by atoms with Crippen molar-refractivity contribution in [2.45, 2.75) is 43.5 Å². The molecule has 0 saturated heterocycles. The van der Waals surface area contributed by atoms with Crippen molar-refractivity contribution in [2.24, 2.45) is 11.8 Å². The van der Waals surface area contributed by atoms with Gasteiger partial charge < -0.3 is 10.1 Å². The summed E-state index contributed by atoms with van der Waals surface area (Å²) in [6.07, 6.45) is 5.41. The highest BCUT2D eigenvalue weighted by molar-refractivity contribution is 7.91. The Labute approximate surface area is 191 Å². The number of ether oxygens (including phenoxy) is 1. The van der Waals surface area contributed by atoms with Gasteiger partial charge in [0, 0.05) is 23.9 Å². The van der Waals surface area contributed by atoms with E-state index in [1.165, 1.54) is 23.2 Å². The highest BCUT2D eigenvalue weighted by atomic mass is 35.5. The second-order valence-electron chi connectivity index (χ2n) is 8.78. The molecular formula is C23H25ClN2O3S2. The molecule has 1 N–H and O–H groups in total. The average molecular weight is 477 g/mol. The van der Waals surface area contributed by atoms with Crippen LogP contribution in [0.25, 0.3) is 10.2 Å². The van der Waals surface area contributed by atoms with Crippen LogP contribution in [-0.4, -0.2) is 30.9 Å². The predicted octanol–water partition coefficient (Wildman–Crippen LogP) is 5.43. The molecule has 5 nitrogen and oxygen atoms in total. The summed E-state index contributed by atoms with van der Waals surface area (Å²) < 4.78 is 31.2. The first-order valence-corrected chi connectivity index (χ1v) is 13.8. The van der Waals surface area contributed by atoms with Crippen molar-refractivity contribution in [3.8, 4) is 10.9 Å². The van der Waals surface area contributed by atoms with E-state index in [0.29, 0.717) is 28.1 Å². The third-order valence-electron chi connectivity index (χ3n) is 6.56. The van der Waals surface area contributed by atoms with Gasteiger partial charge in [-0.2, -0.15) is 0 Å². The van der Waals surface area contributed by atoms with E-state index in [-0.39, 0.29) is 5.25 Å². The fourth-order valence-corrected chi connectivity index (χ4v) is 8.30. The number of hydrogen-bond donors (Lipinski definition) is 1. The van der Waals surface area contributed by atoms with Gasteiger partial charge in [-0.05, 0) is 73.4 Å². The number of aromatic nitrogens is 1. The second kappa shape index (κ2) is 8.35. The molecule has 31 heavy (non-hydrogen) atoms. The number of thiazole rings is 1. The van der Waals surface area contributed by atoms with Crippen LogP contribution in [0.5, 0.6) is 10.9 Å². The summed E-state index contributed by atoms with van der Waals surface area (Å²) in [5, 5.41) is 4.81. The molecule has 2 aromatic carbocycles. The van der Waals surface area contributed by atoms with E-state index in [4.69, 9.17) is 16.3 Å². The van der Waals surface area contributed by atoms with Crippen LogP contribution in [0.4, 0.5) is 0 Å². The average Bonchev–Trinajstić information content (AvgIpc) is 3.24. The van der Waals surface area contributed by atoms with Crippen LogP contribution in [0.1, 0.15) is 31.2 Å². The van der Waals surface area contributed by atoms with Crippen molar-refractivity contribution in [3.63, 3.8) is 0 Å². The van der Waals surface area contributed by atoms with Crippen LogP contribution in [0.3, 0.4) is 0 Å². The third kappa shape index (κ3) is 4.60. The third-order valence-corrected chi connectivity index (χ3v) is 9.45. The van der Waals surface area contributed by atoms with Gasteiger partial charge in [0.05, 0.1) is 15.5 Å². The van der Waals surface area contributed by atoms with Crippen molar-refractivity contribution in [3.05, 3.63) is 53.1 Å². The molecule has 5 rings (SSSR count). The molecule has 164 valence electrons. The molecule has 8 heteroatoms. The molecule has 0 aliphatic heterocycles. The SMILES string of the molecule is CS(=O)(=O)C1[C@@H]2CC[C@H]1CC(NCc1ccc(Oc3nc4ccc(Cl)cc4s3)cc1)C2. The molecule has 4 atom stereocenters. The fraction of sp³-hybridized carbons (Fsp3) is 0.435. The fourth-order valence-electron chi connectivity index (χ4n) is 5.30. The lowest BCUT2D eigenvalue weighted by Crippen LogP contribution is -2.43. The van der Waals surface area contributed by atoms with Crippen LogP contribution in [0.15, 0.2) is 42.5 Å². The van der Waals surface area contributed by atoms with Gasteiger partial charge in [-0.25, -0.2) is 13.4 Å². The van der Waals surface area contributed by atoms with Gasteiger partial charge in [0.25, 0.3) is 5.19 Å². The monoisotopic (exact) mass is 476 g/mol. The van der Waals surface area contributed by atoms with E-state index < -0.39 is 9.84 Å². The first-order valence-electron chi connectivity index (χ1n) is 10.6.